The molecule has 0 bridgehead atoms. The molecule has 2 fully saturated rings. The van der Waals surface area contributed by atoms with Crippen LogP contribution in [0.1, 0.15) is 5.56 Å². The van der Waals surface area contributed by atoms with Crippen LogP contribution in [-0.4, -0.2) is 110 Å². The molecule has 7 N–H and O–H groups in total. The highest BCUT2D eigenvalue weighted by Gasteiger charge is 2.53. The summed E-state index contributed by atoms with van der Waals surface area (Å²) in [6, 6.07) is 6.12. The lowest BCUT2D eigenvalue weighted by molar-refractivity contribution is -0.318. The fourth-order valence-electron chi connectivity index (χ4n) is 3.32. The van der Waals surface area contributed by atoms with Gasteiger partial charge in [0.15, 0.2) is 12.4 Å². The molecule has 0 aliphatic carbocycles. The third-order valence-corrected chi connectivity index (χ3v) is 5.25. The minimum absolute atomic E-state index is 0.233. The molecule has 1 aromatic carbocycles. The van der Waals surface area contributed by atoms with E-state index >= 15 is 0 Å². The first-order valence-electron chi connectivity index (χ1n) is 9.77. The smallest absolute Gasteiger partial charge is 0.328 e. The van der Waals surface area contributed by atoms with E-state index in [1.165, 1.54) is 18.2 Å². The third kappa shape index (κ3) is 5.26. The van der Waals surface area contributed by atoms with Crippen molar-refractivity contribution >= 4 is 12.0 Å². The van der Waals surface area contributed by atoms with Crippen LogP contribution in [0.15, 0.2) is 30.3 Å². The van der Waals surface area contributed by atoms with Gasteiger partial charge in [0.25, 0.3) is 0 Å². The summed E-state index contributed by atoms with van der Waals surface area (Å²) < 4.78 is 22.0. The second-order valence-corrected chi connectivity index (χ2v) is 7.55. The van der Waals surface area contributed by atoms with E-state index in [4.69, 9.17) is 24.1 Å². The molecule has 0 radical (unpaired) electrons. The van der Waals surface area contributed by atoms with E-state index in [0.717, 1.165) is 6.08 Å². The molecule has 0 aromatic heterocycles. The molecule has 12 heteroatoms. The Kier molecular flexibility index (Phi) is 7.82. The van der Waals surface area contributed by atoms with Gasteiger partial charge >= 0.3 is 5.97 Å². The number of carboxylic acids is 1. The first kappa shape index (κ1) is 24.5. The molecule has 0 saturated carbocycles. The predicted molar refractivity (Wildman–Crippen MR) is 104 cm³/mol. The van der Waals surface area contributed by atoms with E-state index in [1.54, 1.807) is 12.1 Å². The Balaban J connectivity index is 1.76. The molecule has 8 atom stereocenters. The summed E-state index contributed by atoms with van der Waals surface area (Å²) in [5.74, 6) is -0.871. The van der Waals surface area contributed by atoms with Gasteiger partial charge in [-0.15, -0.1) is 0 Å². The van der Waals surface area contributed by atoms with E-state index < -0.39 is 74.5 Å². The first-order chi connectivity index (χ1) is 15.2. The van der Waals surface area contributed by atoms with Crippen molar-refractivity contribution in [1.82, 2.24) is 0 Å². The van der Waals surface area contributed by atoms with Gasteiger partial charge in [-0.05, 0) is 23.8 Å². The van der Waals surface area contributed by atoms with Gasteiger partial charge in [-0.1, -0.05) is 12.1 Å². The van der Waals surface area contributed by atoms with Gasteiger partial charge in [0.05, 0.1) is 19.8 Å². The van der Waals surface area contributed by atoms with Crippen molar-refractivity contribution in [2.75, 3.05) is 19.8 Å². The maximum Gasteiger partial charge on any atom is 0.328 e. The molecule has 0 spiro atoms. The van der Waals surface area contributed by atoms with E-state index in [1.807, 2.05) is 0 Å². The first-order valence-corrected chi connectivity index (χ1v) is 9.77. The molecule has 32 heavy (non-hydrogen) atoms. The lowest BCUT2D eigenvalue weighted by Crippen LogP contribution is -2.62. The number of carboxylic acid groups (broad SMARTS) is 1. The average molecular weight is 458 g/mol. The number of hydrogen-bond donors (Lipinski definition) is 7. The van der Waals surface area contributed by atoms with Crippen LogP contribution >= 0.6 is 0 Å². The Labute approximate surface area is 182 Å². The van der Waals surface area contributed by atoms with Crippen LogP contribution in [0.5, 0.6) is 5.75 Å². The standard InChI is InChI=1S/C20H26O12/c21-7-12-14(25)15(26)16(32-19-17(27)20(28,8-22)9-29-19)18(31-12)30-11-4-1-10(2-5-11)3-6-13(23)24/h1-6,12,14-19,21-22,25-28H,7-9H2,(H,23,24)/b6-3+. The van der Waals surface area contributed by atoms with E-state index in [-0.39, 0.29) is 5.75 Å². The summed E-state index contributed by atoms with van der Waals surface area (Å²) in [6.07, 6.45) is -7.95. The van der Waals surface area contributed by atoms with Crippen LogP contribution in [0.4, 0.5) is 0 Å². The van der Waals surface area contributed by atoms with Crippen molar-refractivity contribution < 1.29 is 59.5 Å². The van der Waals surface area contributed by atoms with Crippen LogP contribution in [-0.2, 0) is 19.0 Å². The lowest BCUT2D eigenvalue weighted by atomic mass is 9.98. The highest BCUT2D eigenvalue weighted by molar-refractivity contribution is 5.85. The molecule has 1 aromatic rings. The monoisotopic (exact) mass is 458 g/mol. The van der Waals surface area contributed by atoms with Gasteiger partial charge in [0, 0.05) is 6.08 Å². The second-order valence-electron chi connectivity index (χ2n) is 7.55. The Hall–Kier alpha value is -2.13. The largest absolute Gasteiger partial charge is 0.478 e. The van der Waals surface area contributed by atoms with Crippen LogP contribution in [0, 0.1) is 0 Å². The number of aliphatic hydroxyl groups excluding tert-OH is 5. The SMILES string of the molecule is O=C(O)/C=C/c1ccc(OC2OC(CO)C(O)C(O)C2OC2OCC(O)(CO)C2O)cc1. The summed E-state index contributed by atoms with van der Waals surface area (Å²) in [6.45, 7) is -1.86. The molecule has 2 saturated heterocycles. The predicted octanol–water partition coefficient (Wildman–Crippen LogP) is -2.57. The molecule has 2 aliphatic rings. The number of aliphatic hydroxyl groups is 6. The summed E-state index contributed by atoms with van der Waals surface area (Å²) in [5, 5.41) is 68.5. The summed E-state index contributed by atoms with van der Waals surface area (Å²) in [7, 11) is 0. The van der Waals surface area contributed by atoms with Crippen molar-refractivity contribution in [2.45, 2.75) is 48.7 Å². The zero-order chi connectivity index (χ0) is 23.5. The Bertz CT molecular complexity index is 798. The fraction of sp³-hybridized carbons (Fsp3) is 0.550. The number of benzene rings is 1. The van der Waals surface area contributed by atoms with E-state index in [0.29, 0.717) is 5.56 Å². The number of hydrogen-bond acceptors (Lipinski definition) is 11. The molecule has 2 aliphatic heterocycles. The van der Waals surface area contributed by atoms with Gasteiger partial charge in [-0.3, -0.25) is 0 Å². The average Bonchev–Trinajstić information content (AvgIpc) is 3.07. The second kappa shape index (κ2) is 10.2. The van der Waals surface area contributed by atoms with Gasteiger partial charge in [0.1, 0.15) is 35.8 Å². The van der Waals surface area contributed by atoms with E-state index in [9.17, 15) is 35.4 Å². The molecular formula is C20H26O12. The summed E-state index contributed by atoms with van der Waals surface area (Å²) in [5.41, 5.74) is -1.39. The minimum atomic E-state index is -1.97. The zero-order valence-electron chi connectivity index (χ0n) is 16.8. The van der Waals surface area contributed by atoms with Crippen LogP contribution in [0.3, 0.4) is 0 Å². The summed E-state index contributed by atoms with van der Waals surface area (Å²) >= 11 is 0. The number of carbonyl (C=O) groups is 1. The molecular weight excluding hydrogens is 432 g/mol. The maximum absolute atomic E-state index is 10.6. The van der Waals surface area contributed by atoms with Crippen LogP contribution < -0.4 is 4.74 Å². The normalized spacial score (nSPS) is 37.6. The molecule has 0 amide bonds. The van der Waals surface area contributed by atoms with Crippen molar-refractivity contribution in [3.63, 3.8) is 0 Å². The number of rotatable bonds is 8. The molecule has 2 heterocycles. The van der Waals surface area contributed by atoms with Gasteiger partial charge in [-0.25, -0.2) is 4.79 Å². The quantitative estimate of drug-likeness (QED) is 0.201. The molecule has 3 rings (SSSR count). The minimum Gasteiger partial charge on any atom is -0.478 e. The lowest BCUT2D eigenvalue weighted by Gasteiger charge is -2.42. The fourth-order valence-corrected chi connectivity index (χ4v) is 3.32. The Morgan fingerprint density at radius 1 is 1.12 bits per heavy atom. The van der Waals surface area contributed by atoms with Crippen LogP contribution in [0.25, 0.3) is 6.08 Å². The van der Waals surface area contributed by atoms with Crippen LogP contribution in [0.2, 0.25) is 0 Å². The number of aliphatic carboxylic acids is 1. The van der Waals surface area contributed by atoms with Gasteiger partial charge in [0.2, 0.25) is 6.29 Å². The zero-order valence-corrected chi connectivity index (χ0v) is 16.8. The molecule has 12 nitrogen and oxygen atoms in total. The Morgan fingerprint density at radius 2 is 1.81 bits per heavy atom. The van der Waals surface area contributed by atoms with Crippen molar-refractivity contribution in [3.05, 3.63) is 35.9 Å². The third-order valence-electron chi connectivity index (χ3n) is 5.25. The van der Waals surface area contributed by atoms with Crippen molar-refractivity contribution in [3.8, 4) is 5.75 Å². The Morgan fingerprint density at radius 3 is 2.38 bits per heavy atom. The maximum atomic E-state index is 10.6. The molecule has 178 valence electrons. The topological polar surface area (TPSA) is 196 Å². The summed E-state index contributed by atoms with van der Waals surface area (Å²) in [4.78, 5) is 10.6. The molecule has 8 unspecified atom stereocenters. The number of ether oxygens (including phenoxy) is 4. The van der Waals surface area contributed by atoms with E-state index in [2.05, 4.69) is 0 Å². The van der Waals surface area contributed by atoms with Crippen molar-refractivity contribution in [2.24, 2.45) is 0 Å². The van der Waals surface area contributed by atoms with Gasteiger partial charge < -0.3 is 54.7 Å². The highest BCUT2D eigenvalue weighted by atomic mass is 16.8. The van der Waals surface area contributed by atoms with Gasteiger partial charge in [-0.2, -0.15) is 0 Å². The van der Waals surface area contributed by atoms with Crippen molar-refractivity contribution in [1.29, 1.82) is 0 Å². The highest BCUT2D eigenvalue weighted by Crippen LogP contribution is 2.32.